The predicted octanol–water partition coefficient (Wildman–Crippen LogP) is 2.82. The van der Waals surface area contributed by atoms with E-state index in [9.17, 15) is 9.90 Å². The summed E-state index contributed by atoms with van der Waals surface area (Å²) in [4.78, 5) is 14.1. The minimum absolute atomic E-state index is 0.00288. The smallest absolute Gasteiger partial charge is 0.258 e. The second kappa shape index (κ2) is 4.61. The molecule has 0 atom stereocenters. The second-order valence-electron chi connectivity index (χ2n) is 4.42. The monoisotopic (exact) mass is 251 g/mol. The molecule has 3 rings (SSSR count). The highest BCUT2D eigenvalue weighted by Gasteiger charge is 2.25. The summed E-state index contributed by atoms with van der Waals surface area (Å²) < 4.78 is 0. The fourth-order valence-electron chi connectivity index (χ4n) is 2.21. The SMILES string of the molecule is O=C1C(c2ccccc2)=CCN1c1ccc(O)cc1. The molecule has 2 aromatic rings. The average Bonchev–Trinajstić information content (AvgIpc) is 2.83. The highest BCUT2D eigenvalue weighted by atomic mass is 16.3. The van der Waals surface area contributed by atoms with Gasteiger partial charge < -0.3 is 10.0 Å². The van der Waals surface area contributed by atoms with E-state index in [1.54, 1.807) is 29.2 Å². The van der Waals surface area contributed by atoms with Gasteiger partial charge in [-0.15, -0.1) is 0 Å². The summed E-state index contributed by atoms with van der Waals surface area (Å²) in [7, 11) is 0. The summed E-state index contributed by atoms with van der Waals surface area (Å²) in [6, 6.07) is 16.3. The number of nitrogens with zero attached hydrogens (tertiary/aromatic N) is 1. The molecule has 1 aliphatic rings. The van der Waals surface area contributed by atoms with Crippen LogP contribution in [0.3, 0.4) is 0 Å². The molecule has 3 heteroatoms. The molecule has 0 radical (unpaired) electrons. The van der Waals surface area contributed by atoms with E-state index in [0.29, 0.717) is 6.54 Å². The predicted molar refractivity (Wildman–Crippen MR) is 74.9 cm³/mol. The maximum atomic E-state index is 12.4. The van der Waals surface area contributed by atoms with Gasteiger partial charge in [0.05, 0.1) is 0 Å². The van der Waals surface area contributed by atoms with Crippen molar-refractivity contribution in [2.45, 2.75) is 0 Å². The molecule has 0 saturated carbocycles. The molecule has 1 amide bonds. The van der Waals surface area contributed by atoms with Gasteiger partial charge in [0.15, 0.2) is 0 Å². The number of phenols is 1. The largest absolute Gasteiger partial charge is 0.508 e. The summed E-state index contributed by atoms with van der Waals surface area (Å²) >= 11 is 0. The van der Waals surface area contributed by atoms with Crippen LogP contribution in [0.2, 0.25) is 0 Å². The third kappa shape index (κ3) is 2.10. The van der Waals surface area contributed by atoms with Crippen molar-refractivity contribution >= 4 is 17.2 Å². The lowest BCUT2D eigenvalue weighted by Crippen LogP contribution is -2.25. The lowest BCUT2D eigenvalue weighted by molar-refractivity contribution is -0.112. The van der Waals surface area contributed by atoms with Crippen LogP contribution in [0.15, 0.2) is 60.7 Å². The maximum absolute atomic E-state index is 12.4. The van der Waals surface area contributed by atoms with E-state index in [1.807, 2.05) is 36.4 Å². The number of hydrogen-bond donors (Lipinski definition) is 1. The van der Waals surface area contributed by atoms with Gasteiger partial charge in [0.25, 0.3) is 5.91 Å². The number of hydrogen-bond acceptors (Lipinski definition) is 2. The van der Waals surface area contributed by atoms with Crippen LogP contribution in [0.5, 0.6) is 5.75 Å². The van der Waals surface area contributed by atoms with Crippen molar-refractivity contribution in [1.82, 2.24) is 0 Å². The number of anilines is 1. The van der Waals surface area contributed by atoms with Crippen LogP contribution in [0.25, 0.3) is 5.57 Å². The van der Waals surface area contributed by atoms with Crippen LogP contribution in [0.1, 0.15) is 5.56 Å². The van der Waals surface area contributed by atoms with E-state index < -0.39 is 0 Å². The van der Waals surface area contributed by atoms with E-state index in [1.165, 1.54) is 0 Å². The van der Waals surface area contributed by atoms with Crippen LogP contribution in [-0.4, -0.2) is 17.6 Å². The zero-order valence-corrected chi connectivity index (χ0v) is 10.3. The molecule has 0 fully saturated rings. The van der Waals surface area contributed by atoms with Gasteiger partial charge in [0.2, 0.25) is 0 Å². The Balaban J connectivity index is 1.87. The molecule has 1 heterocycles. The summed E-state index contributed by atoms with van der Waals surface area (Å²) in [6.45, 7) is 0.563. The molecule has 0 unspecified atom stereocenters. The van der Waals surface area contributed by atoms with Crippen LogP contribution >= 0.6 is 0 Å². The van der Waals surface area contributed by atoms with Gasteiger partial charge in [-0.25, -0.2) is 0 Å². The van der Waals surface area contributed by atoms with E-state index in [0.717, 1.165) is 16.8 Å². The summed E-state index contributed by atoms with van der Waals surface area (Å²) in [6.07, 6.45) is 1.94. The number of rotatable bonds is 2. The van der Waals surface area contributed by atoms with E-state index >= 15 is 0 Å². The molecule has 19 heavy (non-hydrogen) atoms. The van der Waals surface area contributed by atoms with Crippen molar-refractivity contribution in [3.05, 3.63) is 66.2 Å². The Labute approximate surface area is 111 Å². The van der Waals surface area contributed by atoms with Crippen molar-refractivity contribution in [3.8, 4) is 5.75 Å². The molecule has 94 valence electrons. The Kier molecular flexibility index (Phi) is 2.80. The first kappa shape index (κ1) is 11.5. The van der Waals surface area contributed by atoms with Gasteiger partial charge in [-0.1, -0.05) is 36.4 Å². The summed E-state index contributed by atoms with van der Waals surface area (Å²) in [5, 5.41) is 9.28. The topological polar surface area (TPSA) is 40.5 Å². The van der Waals surface area contributed by atoms with Crippen molar-refractivity contribution in [2.75, 3.05) is 11.4 Å². The molecule has 0 aliphatic carbocycles. The third-order valence-electron chi connectivity index (χ3n) is 3.20. The van der Waals surface area contributed by atoms with Crippen molar-refractivity contribution < 1.29 is 9.90 Å². The second-order valence-corrected chi connectivity index (χ2v) is 4.42. The van der Waals surface area contributed by atoms with Crippen LogP contribution in [0.4, 0.5) is 5.69 Å². The summed E-state index contributed by atoms with van der Waals surface area (Å²) in [5.74, 6) is 0.198. The molecule has 0 spiro atoms. The van der Waals surface area contributed by atoms with Crippen LogP contribution < -0.4 is 4.90 Å². The Hall–Kier alpha value is -2.55. The quantitative estimate of drug-likeness (QED) is 0.891. The minimum Gasteiger partial charge on any atom is -0.508 e. The standard InChI is InChI=1S/C16H13NO2/c18-14-8-6-13(7-9-14)17-11-10-15(16(17)19)12-4-2-1-3-5-12/h1-10,18H,11H2. The number of benzene rings is 2. The van der Waals surface area contributed by atoms with Crippen molar-refractivity contribution in [3.63, 3.8) is 0 Å². The van der Waals surface area contributed by atoms with Crippen LogP contribution in [-0.2, 0) is 4.79 Å². The van der Waals surface area contributed by atoms with Gasteiger partial charge >= 0.3 is 0 Å². The molecule has 0 bridgehead atoms. The lowest BCUT2D eigenvalue weighted by atomic mass is 10.1. The first-order valence-corrected chi connectivity index (χ1v) is 6.12. The normalized spacial score (nSPS) is 14.6. The van der Waals surface area contributed by atoms with Crippen molar-refractivity contribution in [2.24, 2.45) is 0 Å². The summed E-state index contributed by atoms with van der Waals surface area (Å²) in [5.41, 5.74) is 2.47. The van der Waals surface area contributed by atoms with Gasteiger partial charge in [-0.2, -0.15) is 0 Å². The van der Waals surface area contributed by atoms with Crippen molar-refractivity contribution in [1.29, 1.82) is 0 Å². The molecular weight excluding hydrogens is 238 g/mol. The maximum Gasteiger partial charge on any atom is 0.258 e. The van der Waals surface area contributed by atoms with Gasteiger partial charge in [-0.05, 0) is 29.8 Å². The van der Waals surface area contributed by atoms with Gasteiger partial charge in [0, 0.05) is 17.8 Å². The Morgan fingerprint density at radius 3 is 2.32 bits per heavy atom. The number of amides is 1. The molecule has 1 N–H and O–H groups in total. The zero-order valence-electron chi connectivity index (χ0n) is 10.3. The number of carbonyl (C=O) groups is 1. The van der Waals surface area contributed by atoms with Gasteiger partial charge in [0.1, 0.15) is 5.75 Å². The van der Waals surface area contributed by atoms with E-state index in [4.69, 9.17) is 0 Å². The molecule has 1 aliphatic heterocycles. The molecule has 2 aromatic carbocycles. The van der Waals surface area contributed by atoms with E-state index in [-0.39, 0.29) is 11.7 Å². The molecular formula is C16H13NO2. The fourth-order valence-corrected chi connectivity index (χ4v) is 2.21. The Morgan fingerprint density at radius 1 is 0.947 bits per heavy atom. The minimum atomic E-state index is -0.00288. The third-order valence-corrected chi connectivity index (χ3v) is 3.20. The van der Waals surface area contributed by atoms with E-state index in [2.05, 4.69) is 0 Å². The molecule has 3 nitrogen and oxygen atoms in total. The van der Waals surface area contributed by atoms with Gasteiger partial charge in [-0.3, -0.25) is 4.79 Å². The number of aromatic hydroxyl groups is 1. The fraction of sp³-hybridized carbons (Fsp3) is 0.0625. The Morgan fingerprint density at radius 2 is 1.63 bits per heavy atom. The van der Waals surface area contributed by atoms with Crippen LogP contribution in [0, 0.1) is 0 Å². The number of phenolic OH excluding ortho intramolecular Hbond substituents is 1. The highest BCUT2D eigenvalue weighted by molar-refractivity contribution is 6.28. The highest BCUT2D eigenvalue weighted by Crippen LogP contribution is 2.28. The molecule has 0 saturated heterocycles. The lowest BCUT2D eigenvalue weighted by Gasteiger charge is -2.16. The zero-order chi connectivity index (χ0) is 13.2. The number of carbonyl (C=O) groups excluding carboxylic acids is 1. The molecule has 0 aromatic heterocycles. The Bertz CT molecular complexity index is 630. The first-order chi connectivity index (χ1) is 9.25. The first-order valence-electron chi connectivity index (χ1n) is 6.12. The average molecular weight is 251 g/mol.